The minimum absolute atomic E-state index is 0.0228. The maximum Gasteiger partial charge on any atom is 0.322 e. The van der Waals surface area contributed by atoms with Crippen molar-refractivity contribution in [2.24, 2.45) is 5.41 Å². The van der Waals surface area contributed by atoms with E-state index in [4.69, 9.17) is 9.47 Å². The first-order chi connectivity index (χ1) is 20.4. The Labute approximate surface area is 252 Å². The summed E-state index contributed by atoms with van der Waals surface area (Å²) in [5.74, 6) is -1.67. The largest absolute Gasteiger partial charge is 0.463 e. The van der Waals surface area contributed by atoms with Crippen molar-refractivity contribution >= 4 is 23.5 Å². The second-order valence-electron chi connectivity index (χ2n) is 11.4. The van der Waals surface area contributed by atoms with Crippen LogP contribution >= 0.6 is 0 Å². The molecule has 224 valence electrons. The Morgan fingerprint density at radius 3 is 1.28 bits per heavy atom. The van der Waals surface area contributed by atoms with Crippen LogP contribution in [0, 0.1) is 33.1 Å². The fraction of sp³-hybridized carbons (Fsp3) is 0.314. The number of nitrogens with zero attached hydrogens (tertiary/aromatic N) is 2. The molecule has 2 heterocycles. The van der Waals surface area contributed by atoms with E-state index in [9.17, 15) is 19.2 Å². The van der Waals surface area contributed by atoms with Gasteiger partial charge in [-0.25, -0.2) is 0 Å². The third-order valence-electron chi connectivity index (χ3n) is 7.54. The number of aryl methyl sites for hydroxylation is 4. The Balaban J connectivity index is 1.31. The topological polar surface area (TPSA) is 96.6 Å². The van der Waals surface area contributed by atoms with E-state index in [0.717, 1.165) is 22.3 Å². The molecule has 4 aromatic rings. The summed E-state index contributed by atoms with van der Waals surface area (Å²) in [4.78, 5) is 52.1. The molecular formula is C35H38N2O6. The molecule has 0 bridgehead atoms. The van der Waals surface area contributed by atoms with Gasteiger partial charge >= 0.3 is 11.9 Å². The van der Waals surface area contributed by atoms with Crippen molar-refractivity contribution in [3.63, 3.8) is 0 Å². The van der Waals surface area contributed by atoms with Crippen molar-refractivity contribution in [2.45, 2.75) is 54.6 Å². The third-order valence-corrected chi connectivity index (χ3v) is 7.54. The zero-order valence-electron chi connectivity index (χ0n) is 25.6. The lowest BCUT2D eigenvalue weighted by atomic mass is 9.94. The third kappa shape index (κ3) is 7.02. The molecule has 2 aromatic heterocycles. The van der Waals surface area contributed by atoms with Crippen LogP contribution in [0.4, 0.5) is 0 Å². The van der Waals surface area contributed by atoms with Gasteiger partial charge in [-0.15, -0.1) is 0 Å². The number of hydrogen-bond donors (Lipinski definition) is 0. The predicted octanol–water partition coefficient (Wildman–Crippen LogP) is 5.80. The first-order valence-electron chi connectivity index (χ1n) is 14.3. The van der Waals surface area contributed by atoms with E-state index in [1.807, 2.05) is 64.1 Å². The summed E-state index contributed by atoms with van der Waals surface area (Å²) in [6, 6.07) is 18.4. The molecule has 0 atom stereocenters. The van der Waals surface area contributed by atoms with Gasteiger partial charge in [-0.1, -0.05) is 59.7 Å². The molecule has 0 N–H and O–H groups in total. The van der Waals surface area contributed by atoms with E-state index < -0.39 is 17.4 Å². The average Bonchev–Trinajstić information content (AvgIpc) is 3.54. The number of esters is 2. The zero-order chi connectivity index (χ0) is 31.3. The second kappa shape index (κ2) is 13.1. The number of benzene rings is 2. The minimum atomic E-state index is -1.54. The molecular weight excluding hydrogens is 544 g/mol. The lowest BCUT2D eigenvalue weighted by Gasteiger charge is -2.21. The zero-order valence-corrected chi connectivity index (χ0v) is 25.6. The summed E-state index contributed by atoms with van der Waals surface area (Å²) in [5, 5.41) is 0. The van der Waals surface area contributed by atoms with Crippen LogP contribution in [-0.2, 0) is 32.2 Å². The average molecular weight is 583 g/mol. The lowest BCUT2D eigenvalue weighted by molar-refractivity contribution is -0.170. The highest BCUT2D eigenvalue weighted by Crippen LogP contribution is 2.22. The van der Waals surface area contributed by atoms with Crippen LogP contribution < -0.4 is 0 Å². The summed E-state index contributed by atoms with van der Waals surface area (Å²) in [7, 11) is 0. The van der Waals surface area contributed by atoms with Crippen molar-refractivity contribution in [1.29, 1.82) is 0 Å². The summed E-state index contributed by atoms with van der Waals surface area (Å²) in [5.41, 5.74) is 4.44. The van der Waals surface area contributed by atoms with Gasteiger partial charge in [0, 0.05) is 23.5 Å². The minimum Gasteiger partial charge on any atom is -0.463 e. The monoisotopic (exact) mass is 582 g/mol. The number of ether oxygens (including phenoxy) is 2. The van der Waals surface area contributed by atoms with Gasteiger partial charge in [0.25, 0.3) is 0 Å². The molecule has 4 rings (SSSR count). The van der Waals surface area contributed by atoms with Crippen molar-refractivity contribution in [3.05, 3.63) is 118 Å². The van der Waals surface area contributed by atoms with Crippen LogP contribution in [0.2, 0.25) is 0 Å². The fourth-order valence-electron chi connectivity index (χ4n) is 4.76. The highest BCUT2D eigenvalue weighted by molar-refractivity contribution is 6.09. The highest BCUT2D eigenvalue weighted by atomic mass is 16.6. The second-order valence-corrected chi connectivity index (χ2v) is 11.4. The Morgan fingerprint density at radius 1 is 0.581 bits per heavy atom. The van der Waals surface area contributed by atoms with Crippen LogP contribution in [0.25, 0.3) is 0 Å². The Bertz CT molecular complexity index is 1520. The normalized spacial score (nSPS) is 11.3. The van der Waals surface area contributed by atoms with Gasteiger partial charge in [-0.3, -0.25) is 19.2 Å². The Kier molecular flexibility index (Phi) is 9.49. The van der Waals surface area contributed by atoms with Crippen LogP contribution in [0.15, 0.2) is 73.1 Å². The van der Waals surface area contributed by atoms with Crippen molar-refractivity contribution in [1.82, 2.24) is 9.13 Å². The molecule has 0 saturated heterocycles. The molecule has 0 amide bonds. The van der Waals surface area contributed by atoms with Gasteiger partial charge in [0.15, 0.2) is 5.41 Å². The molecule has 0 aliphatic heterocycles. The van der Waals surface area contributed by atoms with Gasteiger partial charge in [0.05, 0.1) is 24.5 Å². The number of carbonyl (C=O) groups excluding carboxylic acids is 4. The molecule has 8 nitrogen and oxygen atoms in total. The van der Waals surface area contributed by atoms with E-state index in [0.29, 0.717) is 22.5 Å². The summed E-state index contributed by atoms with van der Waals surface area (Å²) >= 11 is 0. The quantitative estimate of drug-likeness (QED) is 0.119. The molecule has 0 fully saturated rings. The van der Waals surface area contributed by atoms with Crippen LogP contribution in [0.3, 0.4) is 0 Å². The maximum atomic E-state index is 13.1. The van der Waals surface area contributed by atoms with Gasteiger partial charge in [-0.05, 0) is 64.8 Å². The molecule has 0 aliphatic carbocycles. The molecule has 0 spiro atoms. The summed E-state index contributed by atoms with van der Waals surface area (Å²) < 4.78 is 14.4. The van der Waals surface area contributed by atoms with Crippen molar-refractivity contribution in [3.8, 4) is 0 Å². The highest BCUT2D eigenvalue weighted by Gasteiger charge is 2.39. The molecule has 8 heteroatoms. The van der Waals surface area contributed by atoms with E-state index in [1.54, 1.807) is 45.8 Å². The number of ketones is 2. The fourth-order valence-corrected chi connectivity index (χ4v) is 4.76. The summed E-state index contributed by atoms with van der Waals surface area (Å²) in [6.07, 6.45) is 3.57. The molecule has 43 heavy (non-hydrogen) atoms. The first kappa shape index (κ1) is 31.2. The van der Waals surface area contributed by atoms with E-state index >= 15 is 0 Å². The predicted molar refractivity (Wildman–Crippen MR) is 163 cm³/mol. The number of rotatable bonds is 12. The molecule has 0 radical (unpaired) electrons. The van der Waals surface area contributed by atoms with E-state index in [-0.39, 0.29) is 37.9 Å². The standard InChI is InChI=1S/C35H38N2O6/c1-23-7-11-27(12-8-23)31(38)29-25(3)15-17-36(29)19-21-42-33(40)35(5,6)34(41)43-22-20-37-18-16-26(4)30(37)32(39)28-13-9-24(2)10-14-28/h7-18H,19-22H2,1-6H3. The maximum absolute atomic E-state index is 13.1. The van der Waals surface area contributed by atoms with Gasteiger partial charge in [0.1, 0.15) is 13.2 Å². The smallest absolute Gasteiger partial charge is 0.322 e. The van der Waals surface area contributed by atoms with Crippen molar-refractivity contribution < 1.29 is 28.7 Å². The van der Waals surface area contributed by atoms with Crippen molar-refractivity contribution in [2.75, 3.05) is 13.2 Å². The number of hydrogen-bond acceptors (Lipinski definition) is 6. The molecule has 0 saturated carbocycles. The number of carbonyl (C=O) groups is 4. The summed E-state index contributed by atoms with van der Waals surface area (Å²) in [6.45, 7) is 11.0. The van der Waals surface area contributed by atoms with Crippen LogP contribution in [0.5, 0.6) is 0 Å². The van der Waals surface area contributed by atoms with Crippen LogP contribution in [0.1, 0.15) is 68.2 Å². The molecule has 0 unspecified atom stereocenters. The van der Waals surface area contributed by atoms with Gasteiger partial charge < -0.3 is 18.6 Å². The SMILES string of the molecule is Cc1ccc(C(=O)c2c(C)ccn2CCOC(=O)C(C)(C)C(=O)OCCn2ccc(C)c2C(=O)c2ccc(C)cc2)cc1. The Morgan fingerprint density at radius 2 is 0.930 bits per heavy atom. The van der Waals surface area contributed by atoms with E-state index in [1.165, 1.54) is 13.8 Å². The first-order valence-corrected chi connectivity index (χ1v) is 14.3. The van der Waals surface area contributed by atoms with E-state index in [2.05, 4.69) is 0 Å². The van der Waals surface area contributed by atoms with Crippen LogP contribution in [-0.4, -0.2) is 45.9 Å². The number of aromatic nitrogens is 2. The Hall–Kier alpha value is -4.72. The molecule has 2 aromatic carbocycles. The lowest BCUT2D eigenvalue weighted by Crippen LogP contribution is -2.37. The van der Waals surface area contributed by atoms with Gasteiger partial charge in [-0.2, -0.15) is 0 Å². The van der Waals surface area contributed by atoms with Gasteiger partial charge in [0.2, 0.25) is 11.6 Å². The molecule has 0 aliphatic rings.